The summed E-state index contributed by atoms with van der Waals surface area (Å²) in [7, 11) is 2.07. The number of rotatable bonds is 3. The maximum absolute atomic E-state index is 13.0. The number of nitrogens with zero attached hydrogens (tertiary/aromatic N) is 5. The van der Waals surface area contributed by atoms with Crippen molar-refractivity contribution in [3.63, 3.8) is 0 Å². The van der Waals surface area contributed by atoms with Crippen LogP contribution in [0.1, 0.15) is 10.4 Å². The Hall–Kier alpha value is -3.78. The molecule has 5 rings (SSSR count). The lowest BCUT2D eigenvalue weighted by Crippen LogP contribution is -2.47. The van der Waals surface area contributed by atoms with Gasteiger partial charge in [-0.25, -0.2) is 9.97 Å². The largest absolute Gasteiger partial charge is 0.434 e. The first-order valence-corrected chi connectivity index (χ1v) is 10.1. The molecule has 1 aromatic carbocycles. The van der Waals surface area contributed by atoms with Crippen LogP contribution in [0.3, 0.4) is 0 Å². The Morgan fingerprint density at radius 2 is 1.90 bits per heavy atom. The van der Waals surface area contributed by atoms with E-state index in [4.69, 9.17) is 10.2 Å². The van der Waals surface area contributed by atoms with Crippen LogP contribution >= 0.6 is 0 Å². The fourth-order valence-electron chi connectivity index (χ4n) is 3.72. The molecular formula is C23H22N6O2. The molecule has 1 aliphatic rings. The topological polar surface area (TPSA) is 101 Å². The van der Waals surface area contributed by atoms with Crippen molar-refractivity contribution in [1.82, 2.24) is 24.8 Å². The molecule has 4 aromatic rings. The van der Waals surface area contributed by atoms with E-state index in [0.29, 0.717) is 33.9 Å². The Labute approximate surface area is 179 Å². The average Bonchev–Trinajstić information content (AvgIpc) is 3.23. The third-order valence-electron chi connectivity index (χ3n) is 5.57. The van der Waals surface area contributed by atoms with Gasteiger partial charge in [0, 0.05) is 49.7 Å². The van der Waals surface area contributed by atoms with Crippen molar-refractivity contribution < 1.29 is 9.21 Å². The van der Waals surface area contributed by atoms with Gasteiger partial charge in [-0.15, -0.1) is 0 Å². The molecule has 1 amide bonds. The fourth-order valence-corrected chi connectivity index (χ4v) is 3.72. The van der Waals surface area contributed by atoms with Crippen molar-refractivity contribution in [3.8, 4) is 22.6 Å². The number of likely N-dealkylation sites (N-methyl/N-ethyl adjacent to an activating group) is 1. The van der Waals surface area contributed by atoms with Gasteiger partial charge in [0.15, 0.2) is 5.58 Å². The Morgan fingerprint density at radius 3 is 2.71 bits per heavy atom. The van der Waals surface area contributed by atoms with Crippen molar-refractivity contribution in [3.05, 3.63) is 60.6 Å². The van der Waals surface area contributed by atoms with Crippen LogP contribution < -0.4 is 5.73 Å². The second-order valence-electron chi connectivity index (χ2n) is 7.70. The van der Waals surface area contributed by atoms with Gasteiger partial charge in [0.2, 0.25) is 5.89 Å². The summed E-state index contributed by atoms with van der Waals surface area (Å²) in [6.07, 6.45) is 4.98. The minimum atomic E-state index is 0.0463. The van der Waals surface area contributed by atoms with Gasteiger partial charge < -0.3 is 20.0 Å². The summed E-state index contributed by atoms with van der Waals surface area (Å²) in [5.74, 6) is 0.762. The third kappa shape index (κ3) is 3.73. The number of fused-ring (bicyclic) bond motifs is 1. The number of nitrogens with two attached hydrogens (primary N) is 1. The number of hydrogen-bond acceptors (Lipinski definition) is 7. The molecule has 8 heteroatoms. The Bertz CT molecular complexity index is 1230. The van der Waals surface area contributed by atoms with E-state index in [9.17, 15) is 4.79 Å². The second kappa shape index (κ2) is 7.81. The molecule has 1 saturated heterocycles. The Balaban J connectivity index is 1.47. The van der Waals surface area contributed by atoms with E-state index in [0.717, 1.165) is 37.3 Å². The second-order valence-corrected chi connectivity index (χ2v) is 7.70. The standard InChI is InChI=1S/C23H22N6O2/c1-28-7-9-29(10-8-28)23(30)16-4-2-3-15(11-16)17-12-18(21(24)26-13-17)22-27-19-5-6-25-14-20(19)31-22/h2-6,11-14H,7-10H2,1H3,(H2,24,26). The highest BCUT2D eigenvalue weighted by molar-refractivity contribution is 5.95. The number of benzene rings is 1. The zero-order chi connectivity index (χ0) is 21.4. The molecule has 0 spiro atoms. The van der Waals surface area contributed by atoms with Crippen LogP contribution in [0, 0.1) is 0 Å². The summed E-state index contributed by atoms with van der Waals surface area (Å²) in [5, 5.41) is 0. The molecule has 3 aromatic heterocycles. The normalized spacial score (nSPS) is 14.8. The number of pyridine rings is 2. The van der Waals surface area contributed by atoms with Gasteiger partial charge in [-0.05, 0) is 36.9 Å². The molecule has 156 valence electrons. The zero-order valence-electron chi connectivity index (χ0n) is 17.2. The van der Waals surface area contributed by atoms with Crippen LogP contribution in [0.15, 0.2) is 59.4 Å². The molecule has 1 aliphatic heterocycles. The Kier molecular flexibility index (Phi) is 4.83. The van der Waals surface area contributed by atoms with Crippen LogP contribution in [0.25, 0.3) is 33.7 Å². The van der Waals surface area contributed by atoms with Crippen LogP contribution in [0.2, 0.25) is 0 Å². The molecule has 0 unspecified atom stereocenters. The molecule has 4 heterocycles. The van der Waals surface area contributed by atoms with E-state index < -0.39 is 0 Å². The number of oxazole rings is 1. The van der Waals surface area contributed by atoms with Crippen molar-refractivity contribution in [2.45, 2.75) is 0 Å². The van der Waals surface area contributed by atoms with Crippen molar-refractivity contribution in [2.75, 3.05) is 39.0 Å². The number of piperazine rings is 1. The molecule has 0 bridgehead atoms. The molecule has 31 heavy (non-hydrogen) atoms. The first kappa shape index (κ1) is 19.2. The first-order valence-electron chi connectivity index (χ1n) is 10.1. The van der Waals surface area contributed by atoms with E-state index in [2.05, 4.69) is 26.9 Å². The van der Waals surface area contributed by atoms with Crippen LogP contribution in [0.5, 0.6) is 0 Å². The number of carbonyl (C=O) groups is 1. The molecule has 2 N–H and O–H groups in total. The van der Waals surface area contributed by atoms with Gasteiger partial charge in [-0.2, -0.15) is 0 Å². The smallest absolute Gasteiger partial charge is 0.253 e. The van der Waals surface area contributed by atoms with Gasteiger partial charge >= 0.3 is 0 Å². The summed E-state index contributed by atoms with van der Waals surface area (Å²) < 4.78 is 5.82. The van der Waals surface area contributed by atoms with Gasteiger partial charge in [0.1, 0.15) is 11.3 Å². The van der Waals surface area contributed by atoms with Gasteiger partial charge in [0.25, 0.3) is 5.91 Å². The maximum Gasteiger partial charge on any atom is 0.253 e. The summed E-state index contributed by atoms with van der Waals surface area (Å²) in [5.41, 5.74) is 10.4. The van der Waals surface area contributed by atoms with Gasteiger partial charge in [-0.3, -0.25) is 9.78 Å². The van der Waals surface area contributed by atoms with Crippen LogP contribution in [-0.4, -0.2) is 63.9 Å². The summed E-state index contributed by atoms with van der Waals surface area (Å²) in [4.78, 5) is 30.0. The van der Waals surface area contributed by atoms with E-state index in [1.807, 2.05) is 35.2 Å². The lowest BCUT2D eigenvalue weighted by molar-refractivity contribution is 0.0664. The molecular weight excluding hydrogens is 392 g/mol. The number of aromatic nitrogens is 3. The highest BCUT2D eigenvalue weighted by Gasteiger charge is 2.21. The average molecular weight is 414 g/mol. The minimum absolute atomic E-state index is 0.0463. The highest BCUT2D eigenvalue weighted by Crippen LogP contribution is 2.31. The Morgan fingerprint density at radius 1 is 1.06 bits per heavy atom. The summed E-state index contributed by atoms with van der Waals surface area (Å²) >= 11 is 0. The molecule has 0 saturated carbocycles. The molecule has 0 radical (unpaired) electrons. The lowest BCUT2D eigenvalue weighted by Gasteiger charge is -2.32. The predicted molar refractivity (Wildman–Crippen MR) is 118 cm³/mol. The zero-order valence-corrected chi connectivity index (χ0v) is 17.2. The van der Waals surface area contributed by atoms with Crippen molar-refractivity contribution >= 4 is 22.8 Å². The first-order chi connectivity index (χ1) is 15.1. The monoisotopic (exact) mass is 414 g/mol. The SMILES string of the molecule is CN1CCN(C(=O)c2cccc(-c3cnc(N)c(-c4nc5ccncc5o4)c3)c2)CC1. The number of carbonyl (C=O) groups excluding carboxylic acids is 1. The number of amides is 1. The van der Waals surface area contributed by atoms with Crippen LogP contribution in [0.4, 0.5) is 5.82 Å². The van der Waals surface area contributed by atoms with Crippen LogP contribution in [-0.2, 0) is 0 Å². The predicted octanol–water partition coefficient (Wildman–Crippen LogP) is 2.92. The number of hydrogen-bond donors (Lipinski definition) is 1. The summed E-state index contributed by atoms with van der Waals surface area (Å²) in [6.45, 7) is 3.24. The quantitative estimate of drug-likeness (QED) is 0.550. The molecule has 1 fully saturated rings. The third-order valence-corrected chi connectivity index (χ3v) is 5.57. The highest BCUT2D eigenvalue weighted by atomic mass is 16.3. The summed E-state index contributed by atoms with van der Waals surface area (Å²) in [6, 6.07) is 11.3. The van der Waals surface area contributed by atoms with E-state index in [1.54, 1.807) is 24.7 Å². The number of anilines is 1. The van der Waals surface area contributed by atoms with Gasteiger partial charge in [-0.1, -0.05) is 12.1 Å². The van der Waals surface area contributed by atoms with E-state index in [1.165, 1.54) is 0 Å². The van der Waals surface area contributed by atoms with E-state index in [-0.39, 0.29) is 5.91 Å². The maximum atomic E-state index is 13.0. The van der Waals surface area contributed by atoms with Gasteiger partial charge in [0.05, 0.1) is 11.8 Å². The molecule has 0 aliphatic carbocycles. The fraction of sp³-hybridized carbons (Fsp3) is 0.217. The van der Waals surface area contributed by atoms with Crippen molar-refractivity contribution in [1.29, 1.82) is 0 Å². The molecule has 8 nitrogen and oxygen atoms in total. The van der Waals surface area contributed by atoms with E-state index >= 15 is 0 Å². The van der Waals surface area contributed by atoms with Crippen molar-refractivity contribution in [2.24, 2.45) is 0 Å². The number of nitrogen functional groups attached to an aromatic ring is 1. The molecule has 0 atom stereocenters. The lowest BCUT2D eigenvalue weighted by atomic mass is 10.0. The minimum Gasteiger partial charge on any atom is -0.434 e.